The van der Waals surface area contributed by atoms with Gasteiger partial charge in [0.25, 0.3) is 0 Å². The van der Waals surface area contributed by atoms with Gasteiger partial charge in [-0.05, 0) is 6.92 Å². The summed E-state index contributed by atoms with van der Waals surface area (Å²) in [6.45, 7) is 3.57. The Hall–Kier alpha value is -0.160. The van der Waals surface area contributed by atoms with Gasteiger partial charge >= 0.3 is 0 Å². The minimum absolute atomic E-state index is 0.272. The Morgan fingerprint density at radius 2 is 2.40 bits per heavy atom. The maximum Gasteiger partial charge on any atom is 0.133 e. The normalized spacial score (nSPS) is 9.00. The van der Waals surface area contributed by atoms with E-state index in [1.165, 1.54) is 0 Å². The van der Waals surface area contributed by atoms with Gasteiger partial charge in [-0.2, -0.15) is 4.91 Å². The molecule has 0 aliphatic carbocycles. The Bertz CT molecular complexity index is 129. The summed E-state index contributed by atoms with van der Waals surface area (Å²) >= 11 is 8.74. The van der Waals surface area contributed by atoms with Crippen molar-refractivity contribution in [2.45, 2.75) is 6.92 Å². The minimum atomic E-state index is 0.272. The molecule has 0 heterocycles. The fraction of sp³-hybridized carbons (Fsp3) is 0.800. The summed E-state index contributed by atoms with van der Waals surface area (Å²) in [6, 6.07) is 0. The molecular weight excluding hydrogens is 168 g/mol. The van der Waals surface area contributed by atoms with Gasteiger partial charge in [-0.1, -0.05) is 17.4 Å². The van der Waals surface area contributed by atoms with Gasteiger partial charge in [0.15, 0.2) is 0 Å². The number of rotatable bonds is 4. The lowest BCUT2D eigenvalue weighted by atomic mass is 10.5. The molecule has 10 heavy (non-hydrogen) atoms. The lowest BCUT2D eigenvalue weighted by Crippen LogP contribution is -2.28. The van der Waals surface area contributed by atoms with E-state index in [4.69, 9.17) is 12.2 Å². The highest BCUT2D eigenvalue weighted by Gasteiger charge is 2.01. The molecule has 0 aliphatic heterocycles. The third-order valence-electron chi connectivity index (χ3n) is 1.11. The number of thiocarbonyl (C=S) groups is 1. The van der Waals surface area contributed by atoms with E-state index >= 15 is 0 Å². The Morgan fingerprint density at radius 3 is 2.70 bits per heavy atom. The van der Waals surface area contributed by atoms with E-state index in [0.717, 1.165) is 6.54 Å². The van der Waals surface area contributed by atoms with Gasteiger partial charge in [-0.15, -0.1) is 12.6 Å². The van der Waals surface area contributed by atoms with Crippen LogP contribution >= 0.6 is 24.8 Å². The monoisotopic (exact) mass is 178 g/mol. The Morgan fingerprint density at radius 1 is 1.80 bits per heavy atom. The minimum Gasteiger partial charge on any atom is -0.356 e. The number of thiol groups is 1. The van der Waals surface area contributed by atoms with E-state index in [1.54, 1.807) is 4.90 Å². The number of hydrogen-bond donors (Lipinski definition) is 1. The van der Waals surface area contributed by atoms with Crippen LogP contribution in [0.2, 0.25) is 0 Å². The van der Waals surface area contributed by atoms with Crippen molar-refractivity contribution < 1.29 is 0 Å². The average Bonchev–Trinajstić information content (AvgIpc) is 1.89. The van der Waals surface area contributed by atoms with E-state index in [2.05, 4.69) is 17.8 Å². The topological polar surface area (TPSA) is 32.7 Å². The van der Waals surface area contributed by atoms with Crippen molar-refractivity contribution >= 4 is 29.2 Å². The SMILES string of the molecule is CCN(CCN=O)C(=S)S. The van der Waals surface area contributed by atoms with Crippen molar-refractivity contribution in [3.8, 4) is 0 Å². The molecule has 0 rings (SSSR count). The van der Waals surface area contributed by atoms with Crippen molar-refractivity contribution in [3.05, 3.63) is 4.91 Å². The molecule has 0 saturated heterocycles. The van der Waals surface area contributed by atoms with Crippen molar-refractivity contribution in [1.82, 2.24) is 4.90 Å². The zero-order chi connectivity index (χ0) is 7.98. The first-order valence-electron chi connectivity index (χ1n) is 2.99. The second-order valence-corrected chi connectivity index (χ2v) is 2.83. The van der Waals surface area contributed by atoms with Crippen LogP contribution in [0.4, 0.5) is 0 Å². The Labute approximate surface area is 71.2 Å². The first-order chi connectivity index (χ1) is 4.72. The molecule has 0 amide bonds. The number of likely N-dealkylation sites (N-methyl/N-ethyl adjacent to an activating group) is 1. The smallest absolute Gasteiger partial charge is 0.133 e. The molecule has 3 nitrogen and oxygen atoms in total. The standard InChI is InChI=1S/C5H10N2OS2/c1-2-7(5(9)10)4-3-6-8/h2-4H2,1H3,(H,9,10). The van der Waals surface area contributed by atoms with Crippen molar-refractivity contribution in [3.63, 3.8) is 0 Å². The molecule has 0 aromatic heterocycles. The summed E-state index contributed by atoms with van der Waals surface area (Å²) in [5, 5.41) is 2.72. The zero-order valence-electron chi connectivity index (χ0n) is 5.78. The molecule has 0 aliphatic rings. The maximum atomic E-state index is 9.70. The summed E-state index contributed by atoms with van der Waals surface area (Å²) in [7, 11) is 0. The fourth-order valence-corrected chi connectivity index (χ4v) is 1.01. The largest absolute Gasteiger partial charge is 0.356 e. The molecule has 5 heteroatoms. The highest BCUT2D eigenvalue weighted by atomic mass is 32.1. The maximum absolute atomic E-state index is 9.70. The predicted octanol–water partition coefficient (Wildman–Crippen LogP) is 1.29. The molecule has 0 saturated carbocycles. The zero-order valence-corrected chi connectivity index (χ0v) is 7.49. The molecule has 58 valence electrons. The van der Waals surface area contributed by atoms with Crippen LogP contribution in [0.5, 0.6) is 0 Å². The molecule has 0 spiro atoms. The van der Waals surface area contributed by atoms with Crippen LogP contribution in [0.25, 0.3) is 0 Å². The van der Waals surface area contributed by atoms with Crippen molar-refractivity contribution in [2.24, 2.45) is 5.18 Å². The van der Waals surface area contributed by atoms with Gasteiger partial charge in [0.2, 0.25) is 0 Å². The predicted molar refractivity (Wildman–Crippen MR) is 49.5 cm³/mol. The molecule has 0 N–H and O–H groups in total. The second kappa shape index (κ2) is 5.61. The van der Waals surface area contributed by atoms with Crippen LogP contribution in [-0.2, 0) is 0 Å². The summed E-state index contributed by atoms with van der Waals surface area (Å²) in [5.74, 6) is 0. The van der Waals surface area contributed by atoms with Crippen LogP contribution in [-0.4, -0.2) is 28.9 Å². The quantitative estimate of drug-likeness (QED) is 0.400. The summed E-state index contributed by atoms with van der Waals surface area (Å²) in [5.41, 5.74) is 0. The van der Waals surface area contributed by atoms with Crippen LogP contribution < -0.4 is 0 Å². The Kier molecular flexibility index (Phi) is 5.52. The average molecular weight is 178 g/mol. The van der Waals surface area contributed by atoms with Gasteiger partial charge in [0.05, 0.1) is 6.54 Å². The molecule has 0 fully saturated rings. The number of hydrogen-bond acceptors (Lipinski definition) is 3. The van der Waals surface area contributed by atoms with Crippen LogP contribution in [0, 0.1) is 4.91 Å². The third kappa shape index (κ3) is 3.79. The molecular formula is C5H10N2OS2. The lowest BCUT2D eigenvalue weighted by Gasteiger charge is -2.17. The van der Waals surface area contributed by atoms with E-state index in [9.17, 15) is 4.91 Å². The highest BCUT2D eigenvalue weighted by molar-refractivity contribution is 8.10. The van der Waals surface area contributed by atoms with Crippen molar-refractivity contribution in [1.29, 1.82) is 0 Å². The number of nitrogens with zero attached hydrogens (tertiary/aromatic N) is 2. The van der Waals surface area contributed by atoms with Gasteiger partial charge < -0.3 is 4.90 Å². The fourth-order valence-electron chi connectivity index (χ4n) is 0.551. The van der Waals surface area contributed by atoms with E-state index in [1.807, 2.05) is 6.92 Å². The molecule has 0 bridgehead atoms. The summed E-state index contributed by atoms with van der Waals surface area (Å²) in [4.78, 5) is 11.5. The van der Waals surface area contributed by atoms with E-state index in [-0.39, 0.29) is 6.54 Å². The molecule has 0 radical (unpaired) electrons. The number of nitroso groups, excluding NO2 is 1. The highest BCUT2D eigenvalue weighted by Crippen LogP contribution is 1.95. The molecule has 0 atom stereocenters. The first kappa shape index (κ1) is 9.84. The summed E-state index contributed by atoms with van der Waals surface area (Å²) < 4.78 is 0.520. The second-order valence-electron chi connectivity index (χ2n) is 1.71. The van der Waals surface area contributed by atoms with Gasteiger partial charge in [-0.25, -0.2) is 0 Å². The van der Waals surface area contributed by atoms with Crippen LogP contribution in [0.15, 0.2) is 5.18 Å². The molecule has 0 aromatic carbocycles. The van der Waals surface area contributed by atoms with E-state index in [0.29, 0.717) is 10.9 Å². The van der Waals surface area contributed by atoms with Gasteiger partial charge in [-0.3, -0.25) is 0 Å². The third-order valence-corrected chi connectivity index (χ3v) is 1.65. The van der Waals surface area contributed by atoms with Crippen molar-refractivity contribution in [2.75, 3.05) is 19.6 Å². The summed E-state index contributed by atoms with van der Waals surface area (Å²) in [6.07, 6.45) is 0. The van der Waals surface area contributed by atoms with Gasteiger partial charge in [0.1, 0.15) is 4.32 Å². The Balaban J connectivity index is 3.60. The van der Waals surface area contributed by atoms with Crippen LogP contribution in [0.1, 0.15) is 6.92 Å². The lowest BCUT2D eigenvalue weighted by molar-refractivity contribution is 0.467. The van der Waals surface area contributed by atoms with Crippen LogP contribution in [0.3, 0.4) is 0 Å². The molecule has 0 aromatic rings. The first-order valence-corrected chi connectivity index (χ1v) is 3.85. The van der Waals surface area contributed by atoms with Gasteiger partial charge in [0, 0.05) is 13.1 Å². The molecule has 0 unspecified atom stereocenters. The van der Waals surface area contributed by atoms with E-state index < -0.39 is 0 Å².